The third-order valence-corrected chi connectivity index (χ3v) is 7.30. The van der Waals surface area contributed by atoms with Crippen molar-refractivity contribution in [1.82, 2.24) is 0 Å². The van der Waals surface area contributed by atoms with Gasteiger partial charge in [0.1, 0.15) is 22.1 Å². The summed E-state index contributed by atoms with van der Waals surface area (Å²) < 4.78 is 47.0. The summed E-state index contributed by atoms with van der Waals surface area (Å²) in [4.78, 5) is 12.6. The maximum absolute atomic E-state index is 13.5. The van der Waals surface area contributed by atoms with Crippen molar-refractivity contribution in [3.63, 3.8) is 0 Å². The van der Waals surface area contributed by atoms with Crippen LogP contribution in [0.4, 0.5) is 10.1 Å². The van der Waals surface area contributed by atoms with Gasteiger partial charge in [-0.1, -0.05) is 29.8 Å². The standard InChI is InChI=1S/C23H17ClFNO4S/c1-14-22(27)18-13-16(25)9-11-20(18)30-23(14)15-8-10-19(24)21(12-15)31(28,29)26(2)17-6-4-3-5-7-17/h3-13H,1-2H3. The van der Waals surface area contributed by atoms with Gasteiger partial charge in [0.2, 0.25) is 0 Å². The summed E-state index contributed by atoms with van der Waals surface area (Å²) in [6, 6.07) is 16.6. The van der Waals surface area contributed by atoms with Gasteiger partial charge in [-0.05, 0) is 55.5 Å². The SMILES string of the molecule is Cc1c(-c2ccc(Cl)c(S(=O)(=O)N(C)c3ccccc3)c2)oc2ccc(F)cc2c1=O. The Morgan fingerprint density at radius 2 is 1.71 bits per heavy atom. The van der Waals surface area contributed by atoms with Crippen LogP contribution in [0.1, 0.15) is 5.56 Å². The van der Waals surface area contributed by atoms with Crippen LogP contribution in [0, 0.1) is 12.7 Å². The molecular formula is C23H17ClFNO4S. The van der Waals surface area contributed by atoms with E-state index in [2.05, 4.69) is 0 Å². The lowest BCUT2D eigenvalue weighted by Gasteiger charge is -2.20. The van der Waals surface area contributed by atoms with Crippen molar-refractivity contribution in [3.8, 4) is 11.3 Å². The fraction of sp³-hybridized carbons (Fsp3) is 0.0870. The number of nitrogens with zero attached hydrogens (tertiary/aromatic N) is 1. The Balaban J connectivity index is 1.88. The van der Waals surface area contributed by atoms with Gasteiger partial charge in [0.15, 0.2) is 5.43 Å². The quantitative estimate of drug-likeness (QED) is 0.412. The maximum Gasteiger partial charge on any atom is 0.265 e. The Kier molecular flexibility index (Phi) is 5.33. The monoisotopic (exact) mass is 457 g/mol. The average molecular weight is 458 g/mol. The van der Waals surface area contributed by atoms with Gasteiger partial charge in [-0.2, -0.15) is 0 Å². The van der Waals surface area contributed by atoms with Crippen LogP contribution in [-0.4, -0.2) is 15.5 Å². The summed E-state index contributed by atoms with van der Waals surface area (Å²) in [5, 5.41) is 0.154. The van der Waals surface area contributed by atoms with Gasteiger partial charge < -0.3 is 4.42 Å². The normalized spacial score (nSPS) is 11.6. The van der Waals surface area contributed by atoms with Crippen LogP contribution in [0.5, 0.6) is 0 Å². The van der Waals surface area contributed by atoms with E-state index in [0.29, 0.717) is 11.3 Å². The molecule has 0 radical (unpaired) electrons. The van der Waals surface area contributed by atoms with Crippen molar-refractivity contribution in [3.05, 3.63) is 93.4 Å². The van der Waals surface area contributed by atoms with Crippen molar-refractivity contribution in [1.29, 1.82) is 0 Å². The molecule has 0 fully saturated rings. The molecule has 0 bridgehead atoms. The molecular weight excluding hydrogens is 441 g/mol. The molecule has 0 amide bonds. The van der Waals surface area contributed by atoms with Gasteiger partial charge >= 0.3 is 0 Å². The zero-order valence-corrected chi connectivity index (χ0v) is 18.2. The number of anilines is 1. The molecule has 0 N–H and O–H groups in total. The largest absolute Gasteiger partial charge is 0.456 e. The van der Waals surface area contributed by atoms with Crippen molar-refractivity contribution < 1.29 is 17.2 Å². The number of halogens is 2. The Labute approximate surface area is 183 Å². The fourth-order valence-electron chi connectivity index (χ4n) is 3.30. The Morgan fingerprint density at radius 3 is 2.42 bits per heavy atom. The van der Waals surface area contributed by atoms with E-state index in [0.717, 1.165) is 10.4 Å². The van der Waals surface area contributed by atoms with Gasteiger partial charge in [0.05, 0.1) is 16.1 Å². The summed E-state index contributed by atoms with van der Waals surface area (Å²) in [7, 11) is -2.56. The van der Waals surface area contributed by atoms with E-state index in [-0.39, 0.29) is 32.2 Å². The number of fused-ring (bicyclic) bond motifs is 1. The summed E-state index contributed by atoms with van der Waals surface area (Å²) in [6.07, 6.45) is 0. The topological polar surface area (TPSA) is 67.6 Å². The van der Waals surface area contributed by atoms with Gasteiger partial charge in [-0.15, -0.1) is 0 Å². The first kappa shape index (κ1) is 21.1. The van der Waals surface area contributed by atoms with E-state index in [1.807, 2.05) is 0 Å². The highest BCUT2D eigenvalue weighted by Crippen LogP contribution is 2.33. The molecule has 1 aromatic heterocycles. The number of hydrogen-bond donors (Lipinski definition) is 0. The molecule has 3 aromatic carbocycles. The Bertz CT molecular complexity index is 1470. The molecule has 4 aromatic rings. The minimum atomic E-state index is -3.99. The second-order valence-electron chi connectivity index (χ2n) is 6.98. The highest BCUT2D eigenvalue weighted by molar-refractivity contribution is 7.93. The first-order valence-electron chi connectivity index (χ1n) is 9.27. The summed E-state index contributed by atoms with van der Waals surface area (Å²) in [5.74, 6) is -0.352. The van der Waals surface area contributed by atoms with Crippen molar-refractivity contribution in [2.75, 3.05) is 11.4 Å². The first-order chi connectivity index (χ1) is 14.7. The predicted molar refractivity (Wildman–Crippen MR) is 120 cm³/mol. The molecule has 0 unspecified atom stereocenters. The Morgan fingerprint density at radius 1 is 1.00 bits per heavy atom. The zero-order chi connectivity index (χ0) is 22.3. The van der Waals surface area contributed by atoms with Crippen LogP contribution in [-0.2, 0) is 10.0 Å². The third kappa shape index (κ3) is 3.71. The highest BCUT2D eigenvalue weighted by Gasteiger charge is 2.25. The number of para-hydroxylation sites is 1. The van der Waals surface area contributed by atoms with Crippen LogP contribution in [0.3, 0.4) is 0 Å². The summed E-state index contributed by atoms with van der Waals surface area (Å²) in [5.41, 5.74) is 0.883. The molecule has 8 heteroatoms. The van der Waals surface area contributed by atoms with Crippen LogP contribution >= 0.6 is 11.6 Å². The lowest BCUT2D eigenvalue weighted by Crippen LogP contribution is -2.26. The summed E-state index contributed by atoms with van der Waals surface area (Å²) in [6.45, 7) is 1.55. The third-order valence-electron chi connectivity index (χ3n) is 5.03. The molecule has 4 rings (SSSR count). The van der Waals surface area contributed by atoms with Crippen molar-refractivity contribution >= 4 is 38.3 Å². The molecule has 0 atom stereocenters. The molecule has 5 nitrogen and oxygen atoms in total. The molecule has 0 saturated heterocycles. The zero-order valence-electron chi connectivity index (χ0n) is 16.6. The molecule has 1 heterocycles. The fourth-order valence-corrected chi connectivity index (χ4v) is 5.00. The molecule has 0 aliphatic rings. The number of hydrogen-bond acceptors (Lipinski definition) is 4. The molecule has 0 saturated carbocycles. The van der Waals surface area contributed by atoms with E-state index >= 15 is 0 Å². The second-order valence-corrected chi connectivity index (χ2v) is 9.32. The first-order valence-corrected chi connectivity index (χ1v) is 11.1. The van der Waals surface area contributed by atoms with Crippen LogP contribution in [0.25, 0.3) is 22.3 Å². The van der Waals surface area contributed by atoms with Gasteiger partial charge in [-0.25, -0.2) is 12.8 Å². The summed E-state index contributed by atoms with van der Waals surface area (Å²) >= 11 is 6.24. The van der Waals surface area contributed by atoms with E-state index in [9.17, 15) is 17.6 Å². The lowest BCUT2D eigenvalue weighted by atomic mass is 10.1. The lowest BCUT2D eigenvalue weighted by molar-refractivity contribution is 0.594. The van der Waals surface area contributed by atoms with Crippen molar-refractivity contribution in [2.24, 2.45) is 0 Å². The van der Waals surface area contributed by atoms with Crippen LogP contribution < -0.4 is 9.73 Å². The Hall–Kier alpha value is -3.16. The van der Waals surface area contributed by atoms with E-state index in [1.165, 1.54) is 31.3 Å². The molecule has 0 spiro atoms. The molecule has 0 aliphatic carbocycles. The average Bonchev–Trinajstić information content (AvgIpc) is 2.77. The van der Waals surface area contributed by atoms with Crippen molar-refractivity contribution in [2.45, 2.75) is 11.8 Å². The second kappa shape index (κ2) is 7.83. The van der Waals surface area contributed by atoms with E-state index in [4.69, 9.17) is 16.0 Å². The van der Waals surface area contributed by atoms with Crippen LogP contribution in [0.15, 0.2) is 80.8 Å². The van der Waals surface area contributed by atoms with E-state index < -0.39 is 21.3 Å². The number of rotatable bonds is 4. The predicted octanol–water partition coefficient (Wildman–Crippen LogP) is 5.39. The van der Waals surface area contributed by atoms with Gasteiger partial charge in [0.25, 0.3) is 10.0 Å². The van der Waals surface area contributed by atoms with Crippen LogP contribution in [0.2, 0.25) is 5.02 Å². The molecule has 0 aliphatic heterocycles. The van der Waals surface area contributed by atoms with Gasteiger partial charge in [0, 0.05) is 18.2 Å². The number of sulfonamides is 1. The maximum atomic E-state index is 13.5. The minimum absolute atomic E-state index is 0.0365. The minimum Gasteiger partial charge on any atom is -0.456 e. The highest BCUT2D eigenvalue weighted by atomic mass is 35.5. The molecule has 158 valence electrons. The van der Waals surface area contributed by atoms with E-state index in [1.54, 1.807) is 43.3 Å². The van der Waals surface area contributed by atoms with Gasteiger partial charge in [-0.3, -0.25) is 9.10 Å². The smallest absolute Gasteiger partial charge is 0.265 e. The molecule has 31 heavy (non-hydrogen) atoms. The number of benzene rings is 3.